The van der Waals surface area contributed by atoms with Gasteiger partial charge in [0.05, 0.1) is 34.3 Å². The molecule has 0 aliphatic heterocycles. The number of nitro groups is 1. The van der Waals surface area contributed by atoms with Crippen LogP contribution in [-0.4, -0.2) is 30.4 Å². The summed E-state index contributed by atoms with van der Waals surface area (Å²) in [5, 5.41) is 22.0. The van der Waals surface area contributed by atoms with Gasteiger partial charge >= 0.3 is 0 Å². The number of hydrogen-bond acceptors (Lipinski definition) is 5. The maximum Gasteiger partial charge on any atom is 0.269 e. The number of para-hydroxylation sites is 1. The van der Waals surface area contributed by atoms with Gasteiger partial charge in [-0.25, -0.2) is 9.36 Å². The van der Waals surface area contributed by atoms with Gasteiger partial charge in [0.15, 0.2) is 0 Å². The van der Waals surface area contributed by atoms with Crippen molar-refractivity contribution in [3.63, 3.8) is 0 Å². The Morgan fingerprint density at radius 2 is 1.59 bits per heavy atom. The highest BCUT2D eigenvalue weighted by atomic mass is 16.6. The molecule has 0 atom stereocenters. The SMILES string of the molecule is O=C(NCc1cnn(-c2ccccc2)c1)c1cnn(-c2ccc([N+](=O)[O-])cc2)c1. The maximum absolute atomic E-state index is 12.4. The molecule has 2 heterocycles. The molecule has 2 aromatic carbocycles. The second-order valence-corrected chi connectivity index (χ2v) is 6.26. The van der Waals surface area contributed by atoms with Gasteiger partial charge in [-0.3, -0.25) is 14.9 Å². The fourth-order valence-electron chi connectivity index (χ4n) is 2.77. The molecule has 0 saturated carbocycles. The van der Waals surface area contributed by atoms with Gasteiger partial charge in [0.1, 0.15) is 0 Å². The lowest BCUT2D eigenvalue weighted by Crippen LogP contribution is -2.22. The largest absolute Gasteiger partial charge is 0.348 e. The molecule has 0 aliphatic carbocycles. The van der Waals surface area contributed by atoms with Crippen LogP contribution in [0.15, 0.2) is 79.4 Å². The average molecular weight is 388 g/mol. The third-order valence-corrected chi connectivity index (χ3v) is 4.28. The van der Waals surface area contributed by atoms with Crippen LogP contribution in [0.3, 0.4) is 0 Å². The summed E-state index contributed by atoms with van der Waals surface area (Å²) in [6.07, 6.45) is 6.58. The monoisotopic (exact) mass is 388 g/mol. The summed E-state index contributed by atoms with van der Waals surface area (Å²) in [6.45, 7) is 0.328. The van der Waals surface area contributed by atoms with Crippen molar-refractivity contribution in [2.75, 3.05) is 0 Å². The van der Waals surface area contributed by atoms with Crippen molar-refractivity contribution in [3.8, 4) is 11.4 Å². The first-order valence-electron chi connectivity index (χ1n) is 8.77. The average Bonchev–Trinajstić information content (AvgIpc) is 3.43. The molecule has 0 saturated heterocycles. The normalized spacial score (nSPS) is 10.6. The van der Waals surface area contributed by atoms with Crippen molar-refractivity contribution in [1.82, 2.24) is 24.9 Å². The molecule has 0 fully saturated rings. The van der Waals surface area contributed by atoms with Gasteiger partial charge in [-0.2, -0.15) is 10.2 Å². The summed E-state index contributed by atoms with van der Waals surface area (Å²) in [7, 11) is 0. The number of nitrogens with zero attached hydrogens (tertiary/aromatic N) is 5. The fourth-order valence-corrected chi connectivity index (χ4v) is 2.77. The summed E-state index contributed by atoms with van der Waals surface area (Å²) >= 11 is 0. The number of non-ortho nitro benzene ring substituents is 1. The van der Waals surface area contributed by atoms with Gasteiger partial charge in [0, 0.05) is 36.6 Å². The zero-order valence-electron chi connectivity index (χ0n) is 15.2. The smallest absolute Gasteiger partial charge is 0.269 e. The minimum Gasteiger partial charge on any atom is -0.348 e. The summed E-state index contributed by atoms with van der Waals surface area (Å²) in [5.41, 5.74) is 2.81. The van der Waals surface area contributed by atoms with E-state index < -0.39 is 4.92 Å². The zero-order chi connectivity index (χ0) is 20.2. The molecule has 0 bridgehead atoms. The number of nitro benzene ring substituents is 1. The number of hydrogen-bond donors (Lipinski definition) is 1. The van der Waals surface area contributed by atoms with Crippen LogP contribution in [0, 0.1) is 10.1 Å². The van der Waals surface area contributed by atoms with Gasteiger partial charge in [0.2, 0.25) is 0 Å². The second-order valence-electron chi connectivity index (χ2n) is 6.26. The lowest BCUT2D eigenvalue weighted by molar-refractivity contribution is -0.384. The van der Waals surface area contributed by atoms with Crippen LogP contribution < -0.4 is 5.32 Å². The number of nitrogens with one attached hydrogen (secondary N) is 1. The first kappa shape index (κ1) is 18.1. The molecule has 9 nitrogen and oxygen atoms in total. The predicted molar refractivity (Wildman–Crippen MR) is 105 cm³/mol. The lowest BCUT2D eigenvalue weighted by atomic mass is 10.3. The number of rotatable bonds is 6. The third kappa shape index (κ3) is 4.03. The lowest BCUT2D eigenvalue weighted by Gasteiger charge is -2.02. The molecule has 4 aromatic rings. The predicted octanol–water partition coefficient (Wildman–Crippen LogP) is 2.90. The molecule has 29 heavy (non-hydrogen) atoms. The van der Waals surface area contributed by atoms with Crippen molar-refractivity contribution >= 4 is 11.6 Å². The van der Waals surface area contributed by atoms with Crippen molar-refractivity contribution in [3.05, 3.63) is 101 Å². The van der Waals surface area contributed by atoms with E-state index in [0.29, 0.717) is 17.8 Å². The number of carbonyl (C=O) groups is 1. The second kappa shape index (κ2) is 7.77. The molecule has 0 aliphatic rings. The van der Waals surface area contributed by atoms with Crippen LogP contribution in [-0.2, 0) is 6.54 Å². The first-order chi connectivity index (χ1) is 14.1. The van der Waals surface area contributed by atoms with Crippen LogP contribution in [0.25, 0.3) is 11.4 Å². The van der Waals surface area contributed by atoms with E-state index in [-0.39, 0.29) is 11.6 Å². The molecule has 0 radical (unpaired) electrons. The Labute approximate surface area is 165 Å². The number of benzene rings is 2. The standard InChI is InChI=1S/C20H16N6O3/c27-20(21-10-15-11-22-24(13-15)17-4-2-1-3-5-17)16-12-23-25(14-16)18-6-8-19(9-7-18)26(28)29/h1-9,11-14H,10H2,(H,21,27). The number of aromatic nitrogens is 4. The molecule has 2 aromatic heterocycles. The van der Waals surface area contributed by atoms with Crippen LogP contribution in [0.1, 0.15) is 15.9 Å². The van der Waals surface area contributed by atoms with E-state index in [1.807, 2.05) is 36.5 Å². The van der Waals surface area contributed by atoms with Crippen molar-refractivity contribution in [2.24, 2.45) is 0 Å². The minimum atomic E-state index is -0.467. The molecule has 1 N–H and O–H groups in total. The Bertz CT molecular complexity index is 1150. The van der Waals surface area contributed by atoms with E-state index in [1.165, 1.54) is 23.0 Å². The Morgan fingerprint density at radius 3 is 2.31 bits per heavy atom. The van der Waals surface area contributed by atoms with Gasteiger partial charge in [-0.05, 0) is 24.3 Å². The number of carbonyl (C=O) groups excluding carboxylic acids is 1. The molecule has 9 heteroatoms. The molecule has 0 unspecified atom stereocenters. The molecule has 4 rings (SSSR count). The third-order valence-electron chi connectivity index (χ3n) is 4.28. The van der Waals surface area contributed by atoms with Gasteiger partial charge < -0.3 is 5.32 Å². The zero-order valence-corrected chi connectivity index (χ0v) is 15.2. The summed E-state index contributed by atoms with van der Waals surface area (Å²) in [4.78, 5) is 22.7. The Morgan fingerprint density at radius 1 is 0.931 bits per heavy atom. The van der Waals surface area contributed by atoms with Crippen molar-refractivity contribution in [1.29, 1.82) is 0 Å². The van der Waals surface area contributed by atoms with E-state index in [4.69, 9.17) is 0 Å². The van der Waals surface area contributed by atoms with Crippen LogP contribution in [0.2, 0.25) is 0 Å². The van der Waals surface area contributed by atoms with Crippen LogP contribution >= 0.6 is 0 Å². The van der Waals surface area contributed by atoms with Gasteiger partial charge in [-0.1, -0.05) is 18.2 Å². The van der Waals surface area contributed by atoms with E-state index in [1.54, 1.807) is 29.2 Å². The summed E-state index contributed by atoms with van der Waals surface area (Å²) in [5.74, 6) is -0.273. The molecule has 1 amide bonds. The Balaban J connectivity index is 1.40. The van der Waals surface area contributed by atoms with Gasteiger partial charge in [0.25, 0.3) is 11.6 Å². The van der Waals surface area contributed by atoms with Gasteiger partial charge in [-0.15, -0.1) is 0 Å². The minimum absolute atomic E-state index is 0.00470. The Kier molecular flexibility index (Phi) is 4.85. The molecule has 144 valence electrons. The van der Waals surface area contributed by atoms with E-state index in [2.05, 4.69) is 15.5 Å². The van der Waals surface area contributed by atoms with Crippen LogP contribution in [0.4, 0.5) is 5.69 Å². The summed E-state index contributed by atoms with van der Waals surface area (Å²) < 4.78 is 3.24. The van der Waals surface area contributed by atoms with Crippen LogP contribution in [0.5, 0.6) is 0 Å². The number of amides is 1. The highest BCUT2D eigenvalue weighted by molar-refractivity contribution is 5.93. The van der Waals surface area contributed by atoms with Crippen molar-refractivity contribution < 1.29 is 9.72 Å². The van der Waals surface area contributed by atoms with Crippen molar-refractivity contribution in [2.45, 2.75) is 6.54 Å². The quantitative estimate of drug-likeness (QED) is 0.404. The molecular formula is C20H16N6O3. The fraction of sp³-hybridized carbons (Fsp3) is 0.0500. The highest BCUT2D eigenvalue weighted by Crippen LogP contribution is 2.15. The topological polar surface area (TPSA) is 108 Å². The van der Waals surface area contributed by atoms with E-state index in [9.17, 15) is 14.9 Å². The highest BCUT2D eigenvalue weighted by Gasteiger charge is 2.11. The summed E-state index contributed by atoms with van der Waals surface area (Å²) in [6, 6.07) is 15.6. The Hall–Kier alpha value is -4.27. The molecular weight excluding hydrogens is 372 g/mol. The maximum atomic E-state index is 12.4. The molecule has 0 spiro atoms. The van der Waals surface area contributed by atoms with E-state index >= 15 is 0 Å². The van der Waals surface area contributed by atoms with E-state index in [0.717, 1.165) is 11.3 Å². The first-order valence-corrected chi connectivity index (χ1v) is 8.77.